The van der Waals surface area contributed by atoms with Crippen molar-refractivity contribution in [2.45, 2.75) is 65.0 Å². The summed E-state index contributed by atoms with van der Waals surface area (Å²) < 4.78 is 10.5. The molecule has 0 aliphatic carbocycles. The molecule has 3 N–H and O–H groups in total. The summed E-state index contributed by atoms with van der Waals surface area (Å²) in [6.07, 6.45) is 2.20. The van der Waals surface area contributed by atoms with E-state index in [2.05, 4.69) is 46.7 Å². The molecular weight excluding hydrogens is 485 g/mol. The van der Waals surface area contributed by atoms with Crippen molar-refractivity contribution in [2.75, 3.05) is 54.0 Å². The van der Waals surface area contributed by atoms with Crippen LogP contribution in [0.4, 0.5) is 4.79 Å². The van der Waals surface area contributed by atoms with Gasteiger partial charge in [0.15, 0.2) is 5.96 Å². The van der Waals surface area contributed by atoms with Crippen LogP contribution in [0.15, 0.2) is 4.99 Å². The molecule has 0 aliphatic rings. The van der Waals surface area contributed by atoms with Gasteiger partial charge in [-0.1, -0.05) is 13.8 Å². The molecule has 0 unspecified atom stereocenters. The van der Waals surface area contributed by atoms with Gasteiger partial charge in [0.2, 0.25) is 0 Å². The molecule has 0 atom stereocenters. The van der Waals surface area contributed by atoms with E-state index in [1.54, 1.807) is 14.2 Å². The first kappa shape index (κ1) is 30.4. The average molecular weight is 530 g/mol. The van der Waals surface area contributed by atoms with Crippen LogP contribution in [0.5, 0.6) is 0 Å². The smallest absolute Gasteiger partial charge is 0.408 e. The summed E-state index contributed by atoms with van der Waals surface area (Å²) in [6.45, 7) is 13.8. The van der Waals surface area contributed by atoms with Crippen molar-refractivity contribution in [3.8, 4) is 0 Å². The Morgan fingerprint density at radius 3 is 2.21 bits per heavy atom. The number of ether oxygens (including phenoxy) is 2. The lowest BCUT2D eigenvalue weighted by Crippen LogP contribution is -2.57. The molecule has 0 rings (SSSR count). The number of rotatable bonds is 12. The molecule has 0 bridgehead atoms. The van der Waals surface area contributed by atoms with Gasteiger partial charge in [0, 0.05) is 46.9 Å². The van der Waals surface area contributed by atoms with E-state index >= 15 is 0 Å². The molecule has 0 spiro atoms. The third kappa shape index (κ3) is 14.8. The van der Waals surface area contributed by atoms with Crippen LogP contribution in [-0.2, 0) is 9.47 Å². The van der Waals surface area contributed by atoms with Gasteiger partial charge < -0.3 is 30.3 Å². The molecule has 0 aromatic carbocycles. The molecule has 29 heavy (non-hydrogen) atoms. The Bertz CT molecular complexity index is 466. The zero-order valence-corrected chi connectivity index (χ0v) is 22.0. The van der Waals surface area contributed by atoms with Gasteiger partial charge in [-0.25, -0.2) is 4.79 Å². The first-order valence-electron chi connectivity index (χ1n) is 10.2. The molecule has 0 heterocycles. The molecule has 0 aromatic heterocycles. The number of carbonyl (C=O) groups is 1. The number of guanidine groups is 1. The maximum atomic E-state index is 12.2. The van der Waals surface area contributed by atoms with E-state index in [1.165, 1.54) is 0 Å². The quantitative estimate of drug-likeness (QED) is 0.156. The molecular formula is C20H44IN5O3. The van der Waals surface area contributed by atoms with Crippen molar-refractivity contribution in [2.24, 2.45) is 4.99 Å². The number of likely N-dealkylation sites (N-methyl/N-ethyl adjacent to an activating group) is 1. The van der Waals surface area contributed by atoms with Gasteiger partial charge in [0.1, 0.15) is 5.60 Å². The van der Waals surface area contributed by atoms with Gasteiger partial charge in [-0.3, -0.25) is 4.99 Å². The Morgan fingerprint density at radius 2 is 1.72 bits per heavy atom. The van der Waals surface area contributed by atoms with E-state index in [1.807, 2.05) is 20.8 Å². The monoisotopic (exact) mass is 529 g/mol. The second-order valence-corrected chi connectivity index (χ2v) is 8.12. The van der Waals surface area contributed by atoms with Crippen LogP contribution < -0.4 is 16.0 Å². The minimum absolute atomic E-state index is 0. The van der Waals surface area contributed by atoms with Crippen molar-refractivity contribution >= 4 is 36.0 Å². The number of hydrogen-bond donors (Lipinski definition) is 3. The minimum Gasteiger partial charge on any atom is -0.444 e. The zero-order chi connectivity index (χ0) is 21.6. The van der Waals surface area contributed by atoms with Gasteiger partial charge >= 0.3 is 6.09 Å². The van der Waals surface area contributed by atoms with E-state index in [4.69, 9.17) is 9.47 Å². The fourth-order valence-electron chi connectivity index (χ4n) is 2.67. The standard InChI is InChI=1S/C20H43N5O3.HI/c1-9-20(10-2,24-18(26)28-19(3,4)5)16-23-17(21-6)22-12-14-25(7)13-11-15-27-8;/h9-16H2,1-8H3,(H,24,26)(H2,21,22,23);1H. The van der Waals surface area contributed by atoms with Crippen molar-refractivity contribution in [1.29, 1.82) is 0 Å². The molecule has 9 heteroatoms. The first-order valence-corrected chi connectivity index (χ1v) is 10.2. The maximum Gasteiger partial charge on any atom is 0.408 e. The lowest BCUT2D eigenvalue weighted by molar-refractivity contribution is 0.0448. The van der Waals surface area contributed by atoms with Crippen LogP contribution in [0.2, 0.25) is 0 Å². The molecule has 0 saturated carbocycles. The molecule has 0 radical (unpaired) electrons. The molecule has 0 saturated heterocycles. The number of aliphatic imine (C=N–C) groups is 1. The highest BCUT2D eigenvalue weighted by Crippen LogP contribution is 2.16. The number of halogens is 1. The van der Waals surface area contributed by atoms with Crippen LogP contribution in [0.3, 0.4) is 0 Å². The van der Waals surface area contributed by atoms with E-state index in [-0.39, 0.29) is 24.0 Å². The summed E-state index contributed by atoms with van der Waals surface area (Å²) >= 11 is 0. The fraction of sp³-hybridized carbons (Fsp3) is 0.900. The Balaban J connectivity index is 0. The predicted molar refractivity (Wildman–Crippen MR) is 131 cm³/mol. The van der Waals surface area contributed by atoms with Crippen molar-refractivity contribution < 1.29 is 14.3 Å². The van der Waals surface area contributed by atoms with Gasteiger partial charge in [-0.15, -0.1) is 24.0 Å². The second kappa shape index (κ2) is 16.0. The van der Waals surface area contributed by atoms with E-state index in [0.29, 0.717) is 6.54 Å². The third-order valence-electron chi connectivity index (χ3n) is 4.61. The van der Waals surface area contributed by atoms with E-state index < -0.39 is 17.2 Å². The number of amides is 1. The van der Waals surface area contributed by atoms with Crippen molar-refractivity contribution in [1.82, 2.24) is 20.9 Å². The highest BCUT2D eigenvalue weighted by molar-refractivity contribution is 14.0. The first-order chi connectivity index (χ1) is 13.1. The Labute approximate surface area is 195 Å². The minimum atomic E-state index is -0.516. The summed E-state index contributed by atoms with van der Waals surface area (Å²) in [6, 6.07) is 0. The molecule has 0 aliphatic heterocycles. The average Bonchev–Trinajstić information content (AvgIpc) is 2.62. The number of alkyl carbamates (subject to hydrolysis) is 1. The van der Waals surface area contributed by atoms with E-state index in [0.717, 1.165) is 51.5 Å². The van der Waals surface area contributed by atoms with Crippen LogP contribution in [0.1, 0.15) is 53.9 Å². The van der Waals surface area contributed by atoms with Gasteiger partial charge in [0.05, 0.1) is 5.54 Å². The van der Waals surface area contributed by atoms with Gasteiger partial charge in [0.25, 0.3) is 0 Å². The Morgan fingerprint density at radius 1 is 1.10 bits per heavy atom. The van der Waals surface area contributed by atoms with Crippen LogP contribution in [0, 0.1) is 0 Å². The second-order valence-electron chi connectivity index (χ2n) is 8.12. The number of hydrogen-bond acceptors (Lipinski definition) is 5. The van der Waals surface area contributed by atoms with Crippen LogP contribution >= 0.6 is 24.0 Å². The van der Waals surface area contributed by atoms with Gasteiger partial charge in [-0.05, 0) is 47.1 Å². The Kier molecular flexibility index (Phi) is 16.7. The predicted octanol–water partition coefficient (Wildman–Crippen LogP) is 2.82. The normalized spacial score (nSPS) is 12.4. The molecule has 8 nitrogen and oxygen atoms in total. The molecule has 1 amide bonds. The summed E-state index contributed by atoms with van der Waals surface area (Å²) in [7, 11) is 5.57. The lowest BCUT2D eigenvalue weighted by Gasteiger charge is -2.34. The Hall–Kier alpha value is -0.810. The maximum absolute atomic E-state index is 12.2. The van der Waals surface area contributed by atoms with E-state index in [9.17, 15) is 4.79 Å². The van der Waals surface area contributed by atoms with Crippen LogP contribution in [-0.4, -0.2) is 82.1 Å². The summed E-state index contributed by atoms with van der Waals surface area (Å²) in [5.74, 6) is 0.725. The summed E-state index contributed by atoms with van der Waals surface area (Å²) in [5.41, 5.74) is -0.908. The number of methoxy groups -OCH3 is 1. The molecule has 0 fully saturated rings. The lowest BCUT2D eigenvalue weighted by atomic mass is 9.93. The van der Waals surface area contributed by atoms with Gasteiger partial charge in [-0.2, -0.15) is 0 Å². The highest BCUT2D eigenvalue weighted by Gasteiger charge is 2.30. The number of nitrogens with zero attached hydrogens (tertiary/aromatic N) is 2. The topological polar surface area (TPSA) is 87.2 Å². The van der Waals surface area contributed by atoms with Crippen molar-refractivity contribution in [3.63, 3.8) is 0 Å². The summed E-state index contributed by atoms with van der Waals surface area (Å²) in [5, 5.41) is 9.70. The number of nitrogens with one attached hydrogen (secondary N) is 3. The van der Waals surface area contributed by atoms with Crippen molar-refractivity contribution in [3.05, 3.63) is 0 Å². The molecule has 174 valence electrons. The highest BCUT2D eigenvalue weighted by atomic mass is 127. The summed E-state index contributed by atoms with van der Waals surface area (Å²) in [4.78, 5) is 18.8. The van der Waals surface area contributed by atoms with Crippen LogP contribution in [0.25, 0.3) is 0 Å². The fourth-order valence-corrected chi connectivity index (χ4v) is 2.67. The molecule has 0 aromatic rings. The number of carbonyl (C=O) groups excluding carboxylic acids is 1. The SMILES string of the molecule is CCC(CC)(CNC(=NC)NCCN(C)CCCOC)NC(=O)OC(C)(C)C.I. The largest absolute Gasteiger partial charge is 0.444 e. The third-order valence-corrected chi connectivity index (χ3v) is 4.61. The zero-order valence-electron chi connectivity index (χ0n) is 19.7.